The molecule has 1 fully saturated rings. The summed E-state index contributed by atoms with van der Waals surface area (Å²) in [6.07, 6.45) is 7.76. The minimum Gasteiger partial charge on any atom is -0.317 e. The van der Waals surface area contributed by atoms with Gasteiger partial charge in [-0.15, -0.1) is 0 Å². The van der Waals surface area contributed by atoms with E-state index in [4.69, 9.17) is 0 Å². The molecule has 108 valence electrons. The van der Waals surface area contributed by atoms with Crippen LogP contribution in [-0.2, 0) is 0 Å². The fourth-order valence-corrected chi connectivity index (χ4v) is 3.97. The van der Waals surface area contributed by atoms with Gasteiger partial charge in [0.1, 0.15) is 0 Å². The van der Waals surface area contributed by atoms with Crippen molar-refractivity contribution in [3.8, 4) is 0 Å². The van der Waals surface area contributed by atoms with Crippen LogP contribution >= 0.6 is 11.8 Å². The Labute approximate surface area is 118 Å². The van der Waals surface area contributed by atoms with Crippen molar-refractivity contribution < 1.29 is 0 Å². The van der Waals surface area contributed by atoms with Gasteiger partial charge in [0.2, 0.25) is 0 Å². The van der Waals surface area contributed by atoms with E-state index in [0.29, 0.717) is 6.04 Å². The highest BCUT2D eigenvalue weighted by Gasteiger charge is 2.30. The van der Waals surface area contributed by atoms with E-state index in [2.05, 4.69) is 44.4 Å². The Balaban J connectivity index is 2.49. The number of nitrogens with zero attached hydrogens (tertiary/aromatic N) is 1. The van der Waals surface area contributed by atoms with Crippen LogP contribution < -0.4 is 5.32 Å². The van der Waals surface area contributed by atoms with Crippen LogP contribution in [0.3, 0.4) is 0 Å². The fraction of sp³-hybridized carbons (Fsp3) is 1.00. The average molecular weight is 273 g/mol. The smallest absolute Gasteiger partial charge is 0.0155 e. The van der Waals surface area contributed by atoms with Crippen LogP contribution in [0.1, 0.15) is 39.5 Å². The van der Waals surface area contributed by atoms with Crippen LogP contribution in [0.4, 0.5) is 0 Å². The molecule has 1 rings (SSSR count). The van der Waals surface area contributed by atoms with Crippen molar-refractivity contribution in [3.63, 3.8) is 0 Å². The van der Waals surface area contributed by atoms with Gasteiger partial charge in [-0.05, 0) is 58.4 Å². The molecule has 4 unspecified atom stereocenters. The zero-order chi connectivity index (χ0) is 13.5. The van der Waals surface area contributed by atoms with Gasteiger partial charge in [0.05, 0.1) is 0 Å². The monoisotopic (exact) mass is 272 g/mol. The molecule has 4 atom stereocenters. The molecule has 0 aromatic rings. The van der Waals surface area contributed by atoms with E-state index in [9.17, 15) is 0 Å². The summed E-state index contributed by atoms with van der Waals surface area (Å²) in [5.41, 5.74) is 0. The molecule has 1 N–H and O–H groups in total. The molecule has 0 aromatic carbocycles. The van der Waals surface area contributed by atoms with E-state index in [1.165, 1.54) is 38.0 Å². The summed E-state index contributed by atoms with van der Waals surface area (Å²) >= 11 is 1.95. The van der Waals surface area contributed by atoms with Crippen LogP contribution in [0.5, 0.6) is 0 Å². The van der Waals surface area contributed by atoms with Gasteiger partial charge in [0, 0.05) is 24.4 Å². The van der Waals surface area contributed by atoms with Crippen LogP contribution in [0, 0.1) is 11.8 Å². The molecule has 0 radical (unpaired) electrons. The summed E-state index contributed by atoms with van der Waals surface area (Å²) in [5.74, 6) is 3.04. The molecule has 0 saturated heterocycles. The SMILES string of the molecule is CCC1CCC(NC)C(CN(C)C(C)CSC)C1. The van der Waals surface area contributed by atoms with Gasteiger partial charge in [0.25, 0.3) is 0 Å². The van der Waals surface area contributed by atoms with Crippen molar-refractivity contribution in [2.45, 2.75) is 51.6 Å². The van der Waals surface area contributed by atoms with Gasteiger partial charge < -0.3 is 10.2 Å². The fourth-order valence-electron chi connectivity index (χ4n) is 3.23. The van der Waals surface area contributed by atoms with Crippen molar-refractivity contribution in [2.75, 3.05) is 32.6 Å². The summed E-state index contributed by atoms with van der Waals surface area (Å²) in [6, 6.07) is 1.43. The number of thioether (sulfide) groups is 1. The average Bonchev–Trinajstić information content (AvgIpc) is 2.38. The Morgan fingerprint density at radius 3 is 2.67 bits per heavy atom. The third-order valence-electron chi connectivity index (χ3n) is 4.72. The quantitative estimate of drug-likeness (QED) is 0.767. The Morgan fingerprint density at radius 1 is 1.39 bits per heavy atom. The van der Waals surface area contributed by atoms with Gasteiger partial charge >= 0.3 is 0 Å². The molecular formula is C15H32N2S. The lowest BCUT2D eigenvalue weighted by molar-refractivity contribution is 0.142. The molecule has 0 heterocycles. The second kappa shape index (κ2) is 8.44. The van der Waals surface area contributed by atoms with E-state index >= 15 is 0 Å². The highest BCUT2D eigenvalue weighted by molar-refractivity contribution is 7.98. The Morgan fingerprint density at radius 2 is 2.11 bits per heavy atom. The van der Waals surface area contributed by atoms with Crippen LogP contribution in [0.2, 0.25) is 0 Å². The van der Waals surface area contributed by atoms with E-state index < -0.39 is 0 Å². The topological polar surface area (TPSA) is 15.3 Å². The maximum absolute atomic E-state index is 3.54. The second-order valence-electron chi connectivity index (χ2n) is 5.99. The number of nitrogens with one attached hydrogen (secondary N) is 1. The van der Waals surface area contributed by atoms with E-state index in [1.807, 2.05) is 11.8 Å². The van der Waals surface area contributed by atoms with Gasteiger partial charge in [-0.3, -0.25) is 0 Å². The minimum atomic E-state index is 0.694. The molecular weight excluding hydrogens is 240 g/mol. The van der Waals surface area contributed by atoms with Crippen molar-refractivity contribution in [1.29, 1.82) is 0 Å². The predicted molar refractivity (Wildman–Crippen MR) is 84.4 cm³/mol. The molecule has 1 saturated carbocycles. The highest BCUT2D eigenvalue weighted by Crippen LogP contribution is 2.32. The molecule has 1 aliphatic rings. The van der Waals surface area contributed by atoms with Crippen LogP contribution in [0.25, 0.3) is 0 Å². The van der Waals surface area contributed by atoms with Crippen LogP contribution in [0.15, 0.2) is 0 Å². The van der Waals surface area contributed by atoms with Crippen molar-refractivity contribution in [2.24, 2.45) is 11.8 Å². The third kappa shape index (κ3) is 4.75. The molecule has 0 bridgehead atoms. The van der Waals surface area contributed by atoms with Crippen molar-refractivity contribution in [3.05, 3.63) is 0 Å². The normalized spacial score (nSPS) is 30.7. The molecule has 3 heteroatoms. The standard InChI is InChI=1S/C15H32N2S/c1-6-13-7-8-15(16-3)14(9-13)10-17(4)12(2)11-18-5/h12-16H,6-11H2,1-5H3. The van der Waals surface area contributed by atoms with E-state index in [1.54, 1.807) is 0 Å². The van der Waals surface area contributed by atoms with E-state index in [0.717, 1.165) is 17.9 Å². The summed E-state index contributed by atoms with van der Waals surface area (Å²) < 4.78 is 0. The molecule has 0 aromatic heterocycles. The molecule has 18 heavy (non-hydrogen) atoms. The molecule has 0 spiro atoms. The van der Waals surface area contributed by atoms with Crippen molar-refractivity contribution >= 4 is 11.8 Å². The zero-order valence-electron chi connectivity index (χ0n) is 12.9. The summed E-state index contributed by atoms with van der Waals surface area (Å²) in [5, 5.41) is 3.54. The maximum Gasteiger partial charge on any atom is 0.0155 e. The lowest BCUT2D eigenvalue weighted by Gasteiger charge is -2.39. The Bertz CT molecular complexity index is 223. The number of hydrogen-bond donors (Lipinski definition) is 1. The molecule has 0 aliphatic heterocycles. The maximum atomic E-state index is 3.54. The van der Waals surface area contributed by atoms with Gasteiger partial charge in [-0.1, -0.05) is 13.3 Å². The van der Waals surface area contributed by atoms with Crippen LogP contribution in [-0.4, -0.2) is 49.6 Å². The number of hydrogen-bond acceptors (Lipinski definition) is 3. The summed E-state index contributed by atoms with van der Waals surface area (Å²) in [4.78, 5) is 2.56. The largest absolute Gasteiger partial charge is 0.317 e. The first-order chi connectivity index (χ1) is 8.62. The van der Waals surface area contributed by atoms with Gasteiger partial charge in [0.15, 0.2) is 0 Å². The first kappa shape index (κ1) is 16.3. The van der Waals surface area contributed by atoms with Gasteiger partial charge in [-0.25, -0.2) is 0 Å². The minimum absolute atomic E-state index is 0.694. The molecule has 2 nitrogen and oxygen atoms in total. The van der Waals surface area contributed by atoms with Crippen molar-refractivity contribution in [1.82, 2.24) is 10.2 Å². The van der Waals surface area contributed by atoms with Gasteiger partial charge in [-0.2, -0.15) is 11.8 Å². The predicted octanol–water partition coefficient (Wildman–Crippen LogP) is 3.08. The third-order valence-corrected chi connectivity index (χ3v) is 5.54. The zero-order valence-corrected chi connectivity index (χ0v) is 13.7. The Hall–Kier alpha value is 0.270. The first-order valence-corrected chi connectivity index (χ1v) is 8.88. The summed E-state index contributed by atoms with van der Waals surface area (Å²) in [7, 11) is 4.43. The van der Waals surface area contributed by atoms with E-state index in [-0.39, 0.29) is 0 Å². The lowest BCUT2D eigenvalue weighted by atomic mass is 9.76. The number of rotatable bonds is 7. The molecule has 1 aliphatic carbocycles. The first-order valence-electron chi connectivity index (χ1n) is 7.48. The highest BCUT2D eigenvalue weighted by atomic mass is 32.2. The lowest BCUT2D eigenvalue weighted by Crippen LogP contribution is -2.46. The summed E-state index contributed by atoms with van der Waals surface area (Å²) in [6.45, 7) is 5.95. The Kier molecular flexibility index (Phi) is 7.66. The second-order valence-corrected chi connectivity index (χ2v) is 6.90. The molecule has 0 amide bonds.